The van der Waals surface area contributed by atoms with E-state index in [2.05, 4.69) is 24.0 Å². The molecule has 1 rings (SSSR count). The molecule has 0 aliphatic heterocycles. The van der Waals surface area contributed by atoms with Crippen molar-refractivity contribution in [3.8, 4) is 0 Å². The van der Waals surface area contributed by atoms with E-state index >= 15 is 0 Å². The number of pyridine rings is 1. The van der Waals surface area contributed by atoms with Crippen LogP contribution in [0.3, 0.4) is 0 Å². The third-order valence-electron chi connectivity index (χ3n) is 1.67. The monoisotopic (exact) mass is 164 g/mol. The van der Waals surface area contributed by atoms with Crippen LogP contribution in [0.25, 0.3) is 0 Å². The van der Waals surface area contributed by atoms with Gasteiger partial charge in [-0.2, -0.15) is 0 Å². The predicted molar refractivity (Wildman–Crippen MR) is 47.7 cm³/mol. The molecule has 0 spiro atoms. The van der Waals surface area contributed by atoms with Crippen LogP contribution in [0.1, 0.15) is 31.0 Å². The summed E-state index contributed by atoms with van der Waals surface area (Å²) in [5, 5.41) is 11.3. The summed E-state index contributed by atoms with van der Waals surface area (Å²) < 4.78 is 0. The maximum atomic E-state index is 8.36. The Kier molecular flexibility index (Phi) is 2.80. The highest BCUT2D eigenvalue weighted by molar-refractivity contribution is 5.78. The van der Waals surface area contributed by atoms with Gasteiger partial charge < -0.3 is 5.21 Å². The number of rotatable bonds is 2. The fourth-order valence-electron chi connectivity index (χ4n) is 1.08. The van der Waals surface area contributed by atoms with E-state index in [1.54, 1.807) is 6.20 Å². The lowest BCUT2D eigenvalue weighted by atomic mass is 10.0. The Morgan fingerprint density at radius 2 is 2.33 bits per heavy atom. The lowest BCUT2D eigenvalue weighted by Gasteiger charge is -2.06. The molecule has 0 aliphatic carbocycles. The van der Waals surface area contributed by atoms with Gasteiger partial charge in [-0.05, 0) is 17.5 Å². The fraction of sp³-hybridized carbons (Fsp3) is 0.333. The molecule has 12 heavy (non-hydrogen) atoms. The SMILES string of the molecule is CC(C)c1cccnc1/C=N/O. The number of hydrogen-bond acceptors (Lipinski definition) is 3. The van der Waals surface area contributed by atoms with E-state index in [9.17, 15) is 0 Å². The summed E-state index contributed by atoms with van der Waals surface area (Å²) in [6.45, 7) is 4.15. The minimum Gasteiger partial charge on any atom is -0.411 e. The smallest absolute Gasteiger partial charge is 0.0921 e. The number of hydrogen-bond donors (Lipinski definition) is 1. The van der Waals surface area contributed by atoms with Gasteiger partial charge >= 0.3 is 0 Å². The van der Waals surface area contributed by atoms with Crippen LogP contribution in [0, 0.1) is 0 Å². The third kappa shape index (κ3) is 1.81. The molecule has 1 N–H and O–H groups in total. The lowest BCUT2D eigenvalue weighted by molar-refractivity contribution is 0.321. The fourth-order valence-corrected chi connectivity index (χ4v) is 1.08. The molecule has 0 radical (unpaired) electrons. The van der Waals surface area contributed by atoms with Crippen LogP contribution in [0.4, 0.5) is 0 Å². The van der Waals surface area contributed by atoms with Gasteiger partial charge in [0, 0.05) is 6.20 Å². The first-order chi connectivity index (χ1) is 5.75. The predicted octanol–water partition coefficient (Wildman–Crippen LogP) is 2.01. The summed E-state index contributed by atoms with van der Waals surface area (Å²) in [7, 11) is 0. The van der Waals surface area contributed by atoms with Crippen molar-refractivity contribution in [2.24, 2.45) is 5.16 Å². The molecule has 3 nitrogen and oxygen atoms in total. The minimum absolute atomic E-state index is 0.395. The first-order valence-corrected chi connectivity index (χ1v) is 3.88. The van der Waals surface area contributed by atoms with Crippen molar-refractivity contribution < 1.29 is 5.21 Å². The standard InChI is InChI=1S/C9H12N2O/c1-7(2)8-4-3-5-10-9(8)6-11-12/h3-7,12H,1-2H3/b11-6+. The average Bonchev–Trinajstić information content (AvgIpc) is 2.05. The second kappa shape index (κ2) is 3.85. The molecule has 3 heteroatoms. The van der Waals surface area contributed by atoms with E-state index < -0.39 is 0 Å². The molecule has 0 bridgehead atoms. The van der Waals surface area contributed by atoms with Crippen LogP contribution in [-0.2, 0) is 0 Å². The topological polar surface area (TPSA) is 45.5 Å². The Balaban J connectivity index is 3.08. The first-order valence-electron chi connectivity index (χ1n) is 3.88. The summed E-state index contributed by atoms with van der Waals surface area (Å²) in [6, 6.07) is 3.86. The van der Waals surface area contributed by atoms with Crippen LogP contribution in [-0.4, -0.2) is 16.4 Å². The van der Waals surface area contributed by atoms with Crippen molar-refractivity contribution in [1.82, 2.24) is 4.98 Å². The minimum atomic E-state index is 0.395. The van der Waals surface area contributed by atoms with Crippen LogP contribution < -0.4 is 0 Å². The quantitative estimate of drug-likeness (QED) is 0.413. The molecule has 0 aliphatic rings. The molecule has 1 aromatic heterocycles. The van der Waals surface area contributed by atoms with Gasteiger partial charge in [0.25, 0.3) is 0 Å². The van der Waals surface area contributed by atoms with Gasteiger partial charge in [0.2, 0.25) is 0 Å². The van der Waals surface area contributed by atoms with Crippen LogP contribution in [0.15, 0.2) is 23.5 Å². The highest BCUT2D eigenvalue weighted by Gasteiger charge is 2.04. The van der Waals surface area contributed by atoms with Gasteiger partial charge in [0.1, 0.15) is 0 Å². The Labute approximate surface area is 71.8 Å². The molecular formula is C9H12N2O. The van der Waals surface area contributed by atoms with E-state index in [0.29, 0.717) is 5.92 Å². The molecular weight excluding hydrogens is 152 g/mol. The normalized spacial score (nSPS) is 11.2. The molecule has 0 saturated carbocycles. The molecule has 1 heterocycles. The molecule has 1 aromatic rings. The lowest BCUT2D eigenvalue weighted by Crippen LogP contribution is -1.97. The number of aromatic nitrogens is 1. The van der Waals surface area contributed by atoms with E-state index in [-0.39, 0.29) is 0 Å². The van der Waals surface area contributed by atoms with Crippen LogP contribution in [0.2, 0.25) is 0 Å². The van der Waals surface area contributed by atoms with Crippen LogP contribution >= 0.6 is 0 Å². The summed E-state index contributed by atoms with van der Waals surface area (Å²) in [4.78, 5) is 4.08. The zero-order chi connectivity index (χ0) is 8.97. The molecule has 0 amide bonds. The van der Waals surface area contributed by atoms with Gasteiger partial charge in [-0.1, -0.05) is 25.1 Å². The maximum Gasteiger partial charge on any atom is 0.0921 e. The highest BCUT2D eigenvalue weighted by atomic mass is 16.4. The zero-order valence-corrected chi connectivity index (χ0v) is 7.23. The first kappa shape index (κ1) is 8.71. The number of oxime groups is 1. The summed E-state index contributed by atoms with van der Waals surface area (Å²) >= 11 is 0. The molecule has 0 saturated heterocycles. The zero-order valence-electron chi connectivity index (χ0n) is 7.23. The van der Waals surface area contributed by atoms with Gasteiger partial charge in [0.15, 0.2) is 0 Å². The summed E-state index contributed by atoms with van der Waals surface area (Å²) in [5.74, 6) is 0.395. The Morgan fingerprint density at radius 1 is 1.58 bits per heavy atom. The van der Waals surface area contributed by atoms with E-state index in [1.807, 2.05) is 12.1 Å². The second-order valence-corrected chi connectivity index (χ2v) is 2.88. The third-order valence-corrected chi connectivity index (χ3v) is 1.67. The van der Waals surface area contributed by atoms with E-state index in [1.165, 1.54) is 6.21 Å². The van der Waals surface area contributed by atoms with Gasteiger partial charge in [-0.25, -0.2) is 0 Å². The molecule has 0 aromatic carbocycles. The van der Waals surface area contributed by atoms with Gasteiger partial charge in [0.05, 0.1) is 11.9 Å². The Hall–Kier alpha value is -1.38. The average molecular weight is 164 g/mol. The van der Waals surface area contributed by atoms with Gasteiger partial charge in [-0.15, -0.1) is 0 Å². The van der Waals surface area contributed by atoms with Crippen molar-refractivity contribution in [3.63, 3.8) is 0 Å². The van der Waals surface area contributed by atoms with Crippen LogP contribution in [0.5, 0.6) is 0 Å². The number of nitrogens with zero attached hydrogens (tertiary/aromatic N) is 2. The summed E-state index contributed by atoms with van der Waals surface area (Å²) in [6.07, 6.45) is 3.04. The molecule has 64 valence electrons. The summed E-state index contributed by atoms with van der Waals surface area (Å²) in [5.41, 5.74) is 1.82. The molecule has 0 fully saturated rings. The highest BCUT2D eigenvalue weighted by Crippen LogP contribution is 2.15. The Morgan fingerprint density at radius 3 is 2.92 bits per heavy atom. The largest absolute Gasteiger partial charge is 0.411 e. The maximum absolute atomic E-state index is 8.36. The molecule has 0 unspecified atom stereocenters. The van der Waals surface area contributed by atoms with Gasteiger partial charge in [-0.3, -0.25) is 4.98 Å². The molecule has 0 atom stereocenters. The van der Waals surface area contributed by atoms with Crippen molar-refractivity contribution in [1.29, 1.82) is 0 Å². The van der Waals surface area contributed by atoms with Crippen molar-refractivity contribution >= 4 is 6.21 Å². The van der Waals surface area contributed by atoms with E-state index in [4.69, 9.17) is 5.21 Å². The second-order valence-electron chi connectivity index (χ2n) is 2.88. The van der Waals surface area contributed by atoms with Crippen molar-refractivity contribution in [2.45, 2.75) is 19.8 Å². The van der Waals surface area contributed by atoms with E-state index in [0.717, 1.165) is 11.3 Å². The van der Waals surface area contributed by atoms with Crippen molar-refractivity contribution in [2.75, 3.05) is 0 Å². The Bertz CT molecular complexity index is 282. The van der Waals surface area contributed by atoms with Crippen molar-refractivity contribution in [3.05, 3.63) is 29.6 Å².